The lowest BCUT2D eigenvalue weighted by molar-refractivity contribution is -0.0231. The zero-order valence-corrected chi connectivity index (χ0v) is 14.1. The van der Waals surface area contributed by atoms with Crippen LogP contribution >= 0.6 is 0 Å². The van der Waals surface area contributed by atoms with Crippen molar-refractivity contribution in [3.05, 3.63) is 12.2 Å². The molecule has 0 spiro atoms. The number of allylic oxidation sites excluding steroid dienone is 2. The van der Waals surface area contributed by atoms with Gasteiger partial charge in [0.15, 0.2) is 0 Å². The van der Waals surface area contributed by atoms with E-state index < -0.39 is 0 Å². The first-order valence-corrected chi connectivity index (χ1v) is 8.72. The third kappa shape index (κ3) is 2.98. The minimum Gasteiger partial charge on any atom is -0.393 e. The van der Waals surface area contributed by atoms with Crippen LogP contribution in [0.4, 0.5) is 0 Å². The monoisotopic (exact) mass is 278 g/mol. The third-order valence-electron chi connectivity index (χ3n) is 6.57. The van der Waals surface area contributed by atoms with Crippen LogP contribution in [0.3, 0.4) is 0 Å². The van der Waals surface area contributed by atoms with E-state index in [9.17, 15) is 5.11 Å². The highest BCUT2D eigenvalue weighted by atomic mass is 16.3. The van der Waals surface area contributed by atoms with Crippen molar-refractivity contribution in [2.75, 3.05) is 0 Å². The Bertz CT molecular complexity index is 346. The minimum atomic E-state index is -0.0375. The molecule has 6 atom stereocenters. The van der Waals surface area contributed by atoms with Crippen LogP contribution in [0.1, 0.15) is 66.7 Å². The van der Waals surface area contributed by atoms with Crippen molar-refractivity contribution in [2.24, 2.45) is 35.0 Å². The molecular formula is C19H34O. The molecule has 20 heavy (non-hydrogen) atoms. The average Bonchev–Trinajstić information content (AvgIpc) is 2.74. The molecule has 0 amide bonds. The van der Waals surface area contributed by atoms with Gasteiger partial charge in [0.1, 0.15) is 0 Å². The van der Waals surface area contributed by atoms with Crippen LogP contribution in [0, 0.1) is 35.0 Å². The van der Waals surface area contributed by atoms with Gasteiger partial charge < -0.3 is 5.11 Å². The van der Waals surface area contributed by atoms with Crippen LogP contribution < -0.4 is 0 Å². The van der Waals surface area contributed by atoms with Crippen LogP contribution in [0.15, 0.2) is 12.2 Å². The Morgan fingerprint density at radius 2 is 1.75 bits per heavy atom. The molecule has 0 aromatic rings. The number of aliphatic hydroxyl groups is 1. The third-order valence-corrected chi connectivity index (χ3v) is 6.57. The van der Waals surface area contributed by atoms with E-state index in [1.54, 1.807) is 0 Å². The molecule has 1 nitrogen and oxygen atoms in total. The van der Waals surface area contributed by atoms with Crippen LogP contribution in [0.2, 0.25) is 0 Å². The van der Waals surface area contributed by atoms with Gasteiger partial charge in [-0.15, -0.1) is 0 Å². The van der Waals surface area contributed by atoms with E-state index in [-0.39, 0.29) is 6.10 Å². The maximum Gasteiger partial charge on any atom is 0.0573 e. The molecule has 2 aliphatic rings. The summed E-state index contributed by atoms with van der Waals surface area (Å²) in [7, 11) is 0. The number of rotatable bonds is 4. The molecule has 2 aliphatic carbocycles. The molecule has 2 fully saturated rings. The van der Waals surface area contributed by atoms with Crippen LogP contribution in [-0.4, -0.2) is 11.2 Å². The predicted molar refractivity (Wildman–Crippen MR) is 86.5 cm³/mol. The highest BCUT2D eigenvalue weighted by molar-refractivity contribution is 5.05. The van der Waals surface area contributed by atoms with Gasteiger partial charge in [-0.3, -0.25) is 0 Å². The van der Waals surface area contributed by atoms with E-state index in [1.807, 2.05) is 0 Å². The average molecular weight is 278 g/mol. The van der Waals surface area contributed by atoms with Crippen LogP contribution in [0.25, 0.3) is 0 Å². The van der Waals surface area contributed by atoms with Gasteiger partial charge in [0.2, 0.25) is 0 Å². The number of aliphatic hydroxyl groups excluding tert-OH is 1. The quantitative estimate of drug-likeness (QED) is 0.714. The number of hydrogen-bond donors (Lipinski definition) is 1. The highest BCUT2D eigenvalue weighted by Crippen LogP contribution is 2.57. The Morgan fingerprint density at radius 1 is 1.05 bits per heavy atom. The molecule has 0 aliphatic heterocycles. The molecule has 2 rings (SSSR count). The summed E-state index contributed by atoms with van der Waals surface area (Å²) >= 11 is 0. The molecule has 0 aromatic heterocycles. The zero-order valence-electron chi connectivity index (χ0n) is 14.1. The first-order valence-electron chi connectivity index (χ1n) is 8.72. The van der Waals surface area contributed by atoms with Gasteiger partial charge >= 0.3 is 0 Å². The van der Waals surface area contributed by atoms with Gasteiger partial charge in [-0.05, 0) is 60.7 Å². The molecule has 2 saturated carbocycles. The summed E-state index contributed by atoms with van der Waals surface area (Å²) in [6, 6.07) is 0. The Labute approximate surface area is 125 Å². The van der Waals surface area contributed by atoms with Crippen LogP contribution in [0.5, 0.6) is 0 Å². The fourth-order valence-corrected chi connectivity index (χ4v) is 4.76. The van der Waals surface area contributed by atoms with E-state index in [0.717, 1.165) is 18.3 Å². The lowest BCUT2D eigenvalue weighted by Crippen LogP contribution is -2.41. The van der Waals surface area contributed by atoms with Crippen molar-refractivity contribution >= 4 is 0 Å². The fourth-order valence-electron chi connectivity index (χ4n) is 4.76. The summed E-state index contributed by atoms with van der Waals surface area (Å²) in [5.74, 6) is 3.36. The molecule has 0 bridgehead atoms. The van der Waals surface area contributed by atoms with Gasteiger partial charge in [0.25, 0.3) is 0 Å². The van der Waals surface area contributed by atoms with Gasteiger partial charge in [-0.25, -0.2) is 0 Å². The highest BCUT2D eigenvalue weighted by Gasteiger charge is 2.51. The van der Waals surface area contributed by atoms with Crippen molar-refractivity contribution in [3.63, 3.8) is 0 Å². The number of hydrogen-bond acceptors (Lipinski definition) is 1. The van der Waals surface area contributed by atoms with Gasteiger partial charge in [0, 0.05) is 0 Å². The van der Waals surface area contributed by atoms with Crippen molar-refractivity contribution in [1.29, 1.82) is 0 Å². The van der Waals surface area contributed by atoms with Gasteiger partial charge in [0.05, 0.1) is 6.10 Å². The molecule has 0 aromatic carbocycles. The smallest absolute Gasteiger partial charge is 0.0573 e. The molecule has 116 valence electrons. The van der Waals surface area contributed by atoms with Crippen molar-refractivity contribution in [3.8, 4) is 0 Å². The normalized spacial score (nSPS) is 41.0. The maximum absolute atomic E-state index is 10.3. The molecule has 0 heterocycles. The molecule has 1 N–H and O–H groups in total. The molecule has 0 radical (unpaired) electrons. The Hall–Kier alpha value is -0.300. The largest absolute Gasteiger partial charge is 0.393 e. The lowest BCUT2D eigenvalue weighted by atomic mass is 9.62. The minimum absolute atomic E-state index is 0.0375. The summed E-state index contributed by atoms with van der Waals surface area (Å²) in [6.07, 6.45) is 10.9. The van der Waals surface area contributed by atoms with E-state index in [4.69, 9.17) is 0 Å². The van der Waals surface area contributed by atoms with E-state index in [1.165, 1.54) is 25.7 Å². The van der Waals surface area contributed by atoms with Crippen LogP contribution in [-0.2, 0) is 0 Å². The van der Waals surface area contributed by atoms with Gasteiger partial charge in [-0.2, -0.15) is 0 Å². The zero-order chi connectivity index (χ0) is 14.9. The Balaban J connectivity index is 2.05. The van der Waals surface area contributed by atoms with Crippen molar-refractivity contribution in [2.45, 2.75) is 72.8 Å². The van der Waals surface area contributed by atoms with E-state index in [2.05, 4.69) is 46.8 Å². The lowest BCUT2D eigenvalue weighted by Gasteiger charge is -2.44. The predicted octanol–water partition coefficient (Wildman–Crippen LogP) is 5.05. The second-order valence-corrected chi connectivity index (χ2v) is 8.10. The summed E-state index contributed by atoms with van der Waals surface area (Å²) in [5, 5.41) is 10.3. The maximum atomic E-state index is 10.3. The summed E-state index contributed by atoms with van der Waals surface area (Å²) in [6.45, 7) is 11.8. The fraction of sp³-hybridized carbons (Fsp3) is 0.895. The molecular weight excluding hydrogens is 244 g/mol. The summed E-state index contributed by atoms with van der Waals surface area (Å²) < 4.78 is 0. The Kier molecular flexibility index (Phi) is 5.00. The van der Waals surface area contributed by atoms with E-state index >= 15 is 0 Å². The van der Waals surface area contributed by atoms with Gasteiger partial charge in [-0.1, -0.05) is 53.2 Å². The molecule has 0 unspecified atom stereocenters. The standard InChI is InChI=1S/C19H34O/c1-13(2)14(3)8-9-15(4)16-10-11-17-18(20)7-6-12-19(16,17)5/h8-9,13-18,20H,6-7,10-12H2,1-5H3/b9-8+/t14-,15+,16+,17-,18+,19+/m0/s1. The first kappa shape index (κ1) is 16.1. The topological polar surface area (TPSA) is 20.2 Å². The second kappa shape index (κ2) is 6.22. The second-order valence-electron chi connectivity index (χ2n) is 8.10. The summed E-state index contributed by atoms with van der Waals surface area (Å²) in [4.78, 5) is 0. The van der Waals surface area contributed by atoms with Crippen molar-refractivity contribution in [1.82, 2.24) is 0 Å². The van der Waals surface area contributed by atoms with E-state index in [0.29, 0.717) is 23.2 Å². The Morgan fingerprint density at radius 3 is 2.40 bits per heavy atom. The number of fused-ring (bicyclic) bond motifs is 1. The SMILES string of the molecule is CC(C)[C@@H](C)/C=C/[C@@H](C)[C@H]1CC[C@H]2[C@H](O)CCC[C@]12C. The molecule has 1 heteroatoms. The van der Waals surface area contributed by atoms with Crippen molar-refractivity contribution < 1.29 is 5.11 Å². The molecule has 0 saturated heterocycles. The first-order chi connectivity index (χ1) is 9.36. The summed E-state index contributed by atoms with van der Waals surface area (Å²) in [5.41, 5.74) is 0.377.